The van der Waals surface area contributed by atoms with Gasteiger partial charge in [-0.1, -0.05) is 13.3 Å². The molecular formula is C13H19NO4S. The van der Waals surface area contributed by atoms with E-state index in [1.54, 1.807) is 13.0 Å². The fourth-order valence-electron chi connectivity index (χ4n) is 1.39. The highest BCUT2D eigenvalue weighted by molar-refractivity contribution is 7.13. The number of aromatic carboxylic acids is 1. The van der Waals surface area contributed by atoms with Crippen LogP contribution in [0.4, 0.5) is 0 Å². The molecule has 0 saturated heterocycles. The van der Waals surface area contributed by atoms with E-state index in [1.165, 1.54) is 6.07 Å². The Hall–Kier alpha value is -1.40. The standard InChI is InChI=1S/C13H19NO4S/c1-3-4-7-18-9(2)12(15)14-8-10-5-6-11(19-10)13(16)17/h5-6,9H,3-4,7-8H2,1-2H3,(H,14,15)(H,16,17). The van der Waals surface area contributed by atoms with Crippen LogP contribution in [0.2, 0.25) is 0 Å². The highest BCUT2D eigenvalue weighted by atomic mass is 32.1. The summed E-state index contributed by atoms with van der Waals surface area (Å²) >= 11 is 1.16. The zero-order valence-corrected chi connectivity index (χ0v) is 12.0. The molecule has 1 aromatic heterocycles. The molecule has 5 nitrogen and oxygen atoms in total. The second kappa shape index (κ2) is 7.91. The number of hydrogen-bond acceptors (Lipinski definition) is 4. The fraction of sp³-hybridized carbons (Fsp3) is 0.538. The summed E-state index contributed by atoms with van der Waals surface area (Å²) in [4.78, 5) is 23.5. The summed E-state index contributed by atoms with van der Waals surface area (Å²) in [6.07, 6.45) is 1.48. The lowest BCUT2D eigenvalue weighted by molar-refractivity contribution is -0.131. The molecular weight excluding hydrogens is 266 g/mol. The molecule has 106 valence electrons. The Balaban J connectivity index is 2.34. The van der Waals surface area contributed by atoms with Crippen LogP contribution in [0.25, 0.3) is 0 Å². The maximum Gasteiger partial charge on any atom is 0.345 e. The molecule has 1 aromatic rings. The minimum Gasteiger partial charge on any atom is -0.477 e. The molecule has 1 heterocycles. The third-order valence-corrected chi connectivity index (χ3v) is 3.62. The minimum absolute atomic E-state index is 0.179. The normalized spacial score (nSPS) is 12.1. The molecule has 19 heavy (non-hydrogen) atoms. The van der Waals surface area contributed by atoms with Gasteiger partial charge in [0.25, 0.3) is 0 Å². The maximum absolute atomic E-state index is 11.7. The Labute approximate surface area is 116 Å². The number of carboxylic acids is 1. The first-order valence-corrected chi connectivity index (χ1v) is 7.07. The predicted molar refractivity (Wildman–Crippen MR) is 73.4 cm³/mol. The van der Waals surface area contributed by atoms with Crippen molar-refractivity contribution in [3.63, 3.8) is 0 Å². The topological polar surface area (TPSA) is 75.6 Å². The minimum atomic E-state index is -0.946. The molecule has 1 unspecified atom stereocenters. The van der Waals surface area contributed by atoms with Gasteiger partial charge >= 0.3 is 5.97 Å². The highest BCUT2D eigenvalue weighted by Gasteiger charge is 2.13. The second-order valence-electron chi connectivity index (χ2n) is 4.16. The largest absolute Gasteiger partial charge is 0.477 e. The molecule has 1 rings (SSSR count). The first-order valence-electron chi connectivity index (χ1n) is 6.26. The lowest BCUT2D eigenvalue weighted by Gasteiger charge is -2.12. The quantitative estimate of drug-likeness (QED) is 0.718. The van der Waals surface area contributed by atoms with Gasteiger partial charge in [0.15, 0.2) is 0 Å². The van der Waals surface area contributed by atoms with Crippen LogP contribution in [0.3, 0.4) is 0 Å². The number of ether oxygens (including phenoxy) is 1. The van der Waals surface area contributed by atoms with E-state index in [-0.39, 0.29) is 10.8 Å². The molecule has 0 aliphatic carbocycles. The zero-order chi connectivity index (χ0) is 14.3. The molecule has 1 atom stereocenters. The number of carbonyl (C=O) groups is 2. The zero-order valence-electron chi connectivity index (χ0n) is 11.1. The predicted octanol–water partition coefficient (Wildman–Crippen LogP) is 2.27. The van der Waals surface area contributed by atoms with Crippen LogP contribution in [0.1, 0.15) is 41.2 Å². The summed E-state index contributed by atoms with van der Waals surface area (Å²) in [7, 11) is 0. The Morgan fingerprint density at radius 2 is 2.21 bits per heavy atom. The molecule has 6 heteroatoms. The van der Waals surface area contributed by atoms with Crippen LogP contribution < -0.4 is 5.32 Å². The number of carboxylic acid groups (broad SMARTS) is 1. The summed E-state index contributed by atoms with van der Waals surface area (Å²) in [6.45, 7) is 4.68. The van der Waals surface area contributed by atoms with E-state index < -0.39 is 12.1 Å². The molecule has 0 radical (unpaired) electrons. The van der Waals surface area contributed by atoms with Crippen molar-refractivity contribution in [2.75, 3.05) is 6.61 Å². The number of amides is 1. The fourth-order valence-corrected chi connectivity index (χ4v) is 2.17. The van der Waals surface area contributed by atoms with Gasteiger partial charge in [-0.3, -0.25) is 4.79 Å². The van der Waals surface area contributed by atoms with Crippen LogP contribution in [0.5, 0.6) is 0 Å². The molecule has 0 saturated carbocycles. The van der Waals surface area contributed by atoms with Crippen molar-refractivity contribution in [3.8, 4) is 0 Å². The molecule has 2 N–H and O–H groups in total. The molecule has 0 aromatic carbocycles. The van der Waals surface area contributed by atoms with Gasteiger partial charge in [-0.15, -0.1) is 11.3 Å². The monoisotopic (exact) mass is 285 g/mol. The van der Waals surface area contributed by atoms with Crippen molar-refractivity contribution in [3.05, 3.63) is 21.9 Å². The van der Waals surface area contributed by atoms with Crippen LogP contribution in [-0.4, -0.2) is 29.7 Å². The van der Waals surface area contributed by atoms with E-state index in [4.69, 9.17) is 9.84 Å². The summed E-state index contributed by atoms with van der Waals surface area (Å²) < 4.78 is 5.37. The van der Waals surface area contributed by atoms with Crippen molar-refractivity contribution >= 4 is 23.2 Å². The van der Waals surface area contributed by atoms with E-state index in [0.29, 0.717) is 13.2 Å². The number of hydrogen-bond donors (Lipinski definition) is 2. The third-order valence-electron chi connectivity index (χ3n) is 2.54. The number of thiophene rings is 1. The Morgan fingerprint density at radius 1 is 1.47 bits per heavy atom. The van der Waals surface area contributed by atoms with E-state index in [1.807, 2.05) is 0 Å². The van der Waals surface area contributed by atoms with E-state index >= 15 is 0 Å². The number of rotatable bonds is 8. The van der Waals surface area contributed by atoms with Gasteiger partial charge in [-0.2, -0.15) is 0 Å². The molecule has 1 amide bonds. The van der Waals surface area contributed by atoms with Crippen LogP contribution >= 0.6 is 11.3 Å². The lowest BCUT2D eigenvalue weighted by atomic mass is 10.3. The van der Waals surface area contributed by atoms with E-state index in [2.05, 4.69) is 12.2 Å². The number of unbranched alkanes of at least 4 members (excludes halogenated alkanes) is 1. The van der Waals surface area contributed by atoms with Crippen LogP contribution in [0.15, 0.2) is 12.1 Å². The highest BCUT2D eigenvalue weighted by Crippen LogP contribution is 2.16. The van der Waals surface area contributed by atoms with Gasteiger partial charge < -0.3 is 15.2 Å². The summed E-state index contributed by atoms with van der Waals surface area (Å²) in [6, 6.07) is 3.24. The first kappa shape index (κ1) is 15.7. The Kier molecular flexibility index (Phi) is 6.52. The van der Waals surface area contributed by atoms with Crippen molar-refractivity contribution in [1.29, 1.82) is 0 Å². The summed E-state index contributed by atoms with van der Waals surface area (Å²) in [5, 5.41) is 11.5. The summed E-state index contributed by atoms with van der Waals surface area (Å²) in [5.74, 6) is -1.12. The van der Waals surface area contributed by atoms with Crippen molar-refractivity contribution in [1.82, 2.24) is 5.32 Å². The van der Waals surface area contributed by atoms with Gasteiger partial charge in [0.05, 0.1) is 6.54 Å². The van der Waals surface area contributed by atoms with Crippen molar-refractivity contribution < 1.29 is 19.4 Å². The summed E-state index contributed by atoms with van der Waals surface area (Å²) in [5.41, 5.74) is 0. The smallest absolute Gasteiger partial charge is 0.345 e. The average Bonchev–Trinajstić information content (AvgIpc) is 2.85. The lowest BCUT2D eigenvalue weighted by Crippen LogP contribution is -2.34. The Morgan fingerprint density at radius 3 is 2.79 bits per heavy atom. The molecule has 0 aliphatic rings. The number of carbonyl (C=O) groups excluding carboxylic acids is 1. The van der Waals surface area contributed by atoms with E-state index in [9.17, 15) is 9.59 Å². The molecule has 0 fully saturated rings. The SMILES string of the molecule is CCCCOC(C)C(=O)NCc1ccc(C(=O)O)s1. The van der Waals surface area contributed by atoms with Gasteiger partial charge in [-0.05, 0) is 25.5 Å². The van der Waals surface area contributed by atoms with Crippen molar-refractivity contribution in [2.45, 2.75) is 39.3 Å². The molecule has 0 spiro atoms. The van der Waals surface area contributed by atoms with Crippen molar-refractivity contribution in [2.24, 2.45) is 0 Å². The molecule has 0 aliphatic heterocycles. The van der Waals surface area contributed by atoms with Crippen LogP contribution in [-0.2, 0) is 16.1 Å². The maximum atomic E-state index is 11.7. The van der Waals surface area contributed by atoms with Gasteiger partial charge in [0, 0.05) is 11.5 Å². The van der Waals surface area contributed by atoms with Gasteiger partial charge in [-0.25, -0.2) is 4.79 Å². The Bertz CT molecular complexity index is 430. The molecule has 0 bridgehead atoms. The van der Waals surface area contributed by atoms with Crippen LogP contribution in [0, 0.1) is 0 Å². The average molecular weight is 285 g/mol. The van der Waals surface area contributed by atoms with E-state index in [0.717, 1.165) is 29.1 Å². The third kappa shape index (κ3) is 5.40. The number of nitrogens with one attached hydrogen (secondary N) is 1. The van der Waals surface area contributed by atoms with Gasteiger partial charge in [0.1, 0.15) is 11.0 Å². The van der Waals surface area contributed by atoms with Gasteiger partial charge in [0.2, 0.25) is 5.91 Å². The first-order chi connectivity index (χ1) is 9.04. The second-order valence-corrected chi connectivity index (χ2v) is 5.32.